The third-order valence-electron chi connectivity index (χ3n) is 0.534. The maximum absolute atomic E-state index is 8.68. The molecule has 0 fully saturated rings. The zero-order valence-corrected chi connectivity index (χ0v) is 8.23. The van der Waals surface area contributed by atoms with Crippen LogP contribution in [0.4, 0.5) is 0 Å². The lowest BCUT2D eigenvalue weighted by atomic mass is 10.5. The molecule has 0 aliphatic heterocycles. The average Bonchev–Trinajstić information content (AvgIpc) is 1.65. The number of hydrogen-bond donors (Lipinski definition) is 1. The van der Waals surface area contributed by atoms with Crippen molar-refractivity contribution in [2.24, 2.45) is 0 Å². The van der Waals surface area contributed by atoms with Crippen LogP contribution in [0.5, 0.6) is 0 Å². The minimum atomic E-state index is 0.417. The molecule has 0 atom stereocenters. The molecule has 0 saturated heterocycles. The highest BCUT2D eigenvalue weighted by atomic mass is 127. The van der Waals surface area contributed by atoms with Gasteiger partial charge in [-0.05, 0) is 51.6 Å². The molecule has 0 radical (unpaired) electrons. The van der Waals surface area contributed by atoms with Crippen LogP contribution in [0.1, 0.15) is 13.3 Å². The molecule has 0 aromatic heterocycles. The van der Waals surface area contributed by atoms with E-state index in [1.807, 2.05) is 29.5 Å². The summed E-state index contributed by atoms with van der Waals surface area (Å²) in [6, 6.07) is 0. The number of halogens is 2. The highest BCUT2D eigenvalue weighted by Crippen LogP contribution is 2.18. The van der Waals surface area contributed by atoms with E-state index in [0.29, 0.717) is 3.77 Å². The van der Waals surface area contributed by atoms with E-state index < -0.39 is 0 Å². The van der Waals surface area contributed by atoms with Crippen LogP contribution in [0.15, 0.2) is 7.35 Å². The maximum Gasteiger partial charge on any atom is 0.162 e. The van der Waals surface area contributed by atoms with Crippen LogP contribution in [0.3, 0.4) is 0 Å². The van der Waals surface area contributed by atoms with Crippen LogP contribution in [0.2, 0.25) is 0 Å². The second-order valence-electron chi connectivity index (χ2n) is 1.05. The van der Waals surface area contributed by atoms with Crippen molar-refractivity contribution in [3.8, 4) is 0 Å². The minimum absolute atomic E-state index is 0.417. The Morgan fingerprint density at radius 2 is 2.00 bits per heavy atom. The first-order valence-corrected chi connectivity index (χ1v) is 4.07. The van der Waals surface area contributed by atoms with Gasteiger partial charge in [0, 0.05) is 3.58 Å². The molecule has 0 aliphatic carbocycles. The van der Waals surface area contributed by atoms with Crippen LogP contribution in [-0.4, -0.2) is 5.11 Å². The standard InChI is InChI=1S/C4H6I2O/c1-2-3(5)4(6)7/h7H,2H2,1H3. The van der Waals surface area contributed by atoms with Crippen molar-refractivity contribution in [2.45, 2.75) is 13.3 Å². The van der Waals surface area contributed by atoms with Gasteiger partial charge in [0.2, 0.25) is 0 Å². The number of hydrogen-bond acceptors (Lipinski definition) is 1. The Labute approximate surface area is 70.5 Å². The van der Waals surface area contributed by atoms with Crippen LogP contribution in [0.25, 0.3) is 0 Å². The summed E-state index contributed by atoms with van der Waals surface area (Å²) in [5, 5.41) is 8.68. The first kappa shape index (κ1) is 8.00. The molecular weight excluding hydrogens is 318 g/mol. The van der Waals surface area contributed by atoms with Gasteiger partial charge >= 0.3 is 0 Å². The Morgan fingerprint density at radius 3 is 2.00 bits per heavy atom. The Morgan fingerprint density at radius 1 is 1.57 bits per heavy atom. The summed E-state index contributed by atoms with van der Waals surface area (Å²) in [7, 11) is 0. The first-order chi connectivity index (χ1) is 3.18. The summed E-state index contributed by atoms with van der Waals surface area (Å²) < 4.78 is 1.44. The average molecular weight is 324 g/mol. The SMILES string of the molecule is CCC(I)=C(O)I. The number of allylic oxidation sites excluding steroid dienone is 1. The Kier molecular flexibility index (Phi) is 4.50. The molecule has 0 aromatic rings. The normalized spacial score (nSPS) is 13.6. The van der Waals surface area contributed by atoms with E-state index in [1.165, 1.54) is 0 Å². The van der Waals surface area contributed by atoms with Gasteiger partial charge in [-0.25, -0.2) is 0 Å². The van der Waals surface area contributed by atoms with Crippen molar-refractivity contribution in [1.82, 2.24) is 0 Å². The highest BCUT2D eigenvalue weighted by Gasteiger charge is 1.90. The molecule has 3 heteroatoms. The minimum Gasteiger partial charge on any atom is -0.502 e. The second-order valence-corrected chi connectivity index (χ2v) is 3.37. The summed E-state index contributed by atoms with van der Waals surface area (Å²) in [4.78, 5) is 0. The van der Waals surface area contributed by atoms with Crippen LogP contribution in [-0.2, 0) is 0 Å². The molecule has 0 saturated carbocycles. The number of aliphatic hydroxyl groups is 1. The fourth-order valence-electron chi connectivity index (χ4n) is 0.146. The van der Waals surface area contributed by atoms with E-state index in [0.717, 1.165) is 10.0 Å². The van der Waals surface area contributed by atoms with Crippen LogP contribution < -0.4 is 0 Å². The summed E-state index contributed by atoms with van der Waals surface area (Å²) in [5.74, 6) is 0. The zero-order chi connectivity index (χ0) is 5.86. The van der Waals surface area contributed by atoms with E-state index in [-0.39, 0.29) is 0 Å². The van der Waals surface area contributed by atoms with Gasteiger partial charge < -0.3 is 5.11 Å². The lowest BCUT2D eigenvalue weighted by molar-refractivity contribution is 0.462. The van der Waals surface area contributed by atoms with Crippen molar-refractivity contribution in [3.63, 3.8) is 0 Å². The van der Waals surface area contributed by atoms with Gasteiger partial charge in [0.1, 0.15) is 0 Å². The van der Waals surface area contributed by atoms with Crippen molar-refractivity contribution >= 4 is 45.2 Å². The van der Waals surface area contributed by atoms with E-state index in [1.54, 1.807) is 0 Å². The van der Waals surface area contributed by atoms with Crippen molar-refractivity contribution < 1.29 is 5.11 Å². The Balaban J connectivity index is 3.72. The molecule has 0 aromatic carbocycles. The number of rotatable bonds is 1. The highest BCUT2D eigenvalue weighted by molar-refractivity contribution is 14.1. The molecule has 1 N–H and O–H groups in total. The van der Waals surface area contributed by atoms with Crippen molar-refractivity contribution in [1.29, 1.82) is 0 Å². The molecule has 0 heterocycles. The van der Waals surface area contributed by atoms with Crippen LogP contribution in [0, 0.1) is 0 Å². The van der Waals surface area contributed by atoms with Gasteiger partial charge in [0.05, 0.1) is 0 Å². The summed E-state index contributed by atoms with van der Waals surface area (Å²) >= 11 is 4.01. The number of aliphatic hydroxyl groups excluding tert-OH is 1. The van der Waals surface area contributed by atoms with Gasteiger partial charge in [-0.2, -0.15) is 0 Å². The molecule has 0 unspecified atom stereocenters. The fourth-order valence-corrected chi connectivity index (χ4v) is 0.527. The van der Waals surface area contributed by atoms with Gasteiger partial charge in [0.25, 0.3) is 0 Å². The van der Waals surface area contributed by atoms with Crippen molar-refractivity contribution in [2.75, 3.05) is 0 Å². The van der Waals surface area contributed by atoms with Crippen LogP contribution >= 0.6 is 45.2 Å². The summed E-state index contributed by atoms with van der Waals surface area (Å²) in [6.45, 7) is 2.01. The van der Waals surface area contributed by atoms with Gasteiger partial charge in [-0.3, -0.25) is 0 Å². The maximum atomic E-state index is 8.68. The topological polar surface area (TPSA) is 20.2 Å². The molecule has 0 amide bonds. The lowest BCUT2D eigenvalue weighted by Gasteiger charge is -1.89. The largest absolute Gasteiger partial charge is 0.502 e. The smallest absolute Gasteiger partial charge is 0.162 e. The quantitative estimate of drug-likeness (QED) is 0.581. The fraction of sp³-hybridized carbons (Fsp3) is 0.500. The molecule has 1 nitrogen and oxygen atoms in total. The molecule has 0 spiro atoms. The molecule has 0 rings (SSSR count). The lowest BCUT2D eigenvalue weighted by Crippen LogP contribution is -1.69. The Bertz CT molecular complexity index is 83.7. The van der Waals surface area contributed by atoms with Gasteiger partial charge in [-0.15, -0.1) is 0 Å². The second kappa shape index (κ2) is 3.94. The van der Waals surface area contributed by atoms with Crippen molar-refractivity contribution in [3.05, 3.63) is 7.35 Å². The molecule has 7 heavy (non-hydrogen) atoms. The first-order valence-electron chi connectivity index (χ1n) is 1.91. The Hall–Kier alpha value is 1.00. The van der Waals surface area contributed by atoms with Gasteiger partial charge in [-0.1, -0.05) is 6.92 Å². The molecule has 0 aliphatic rings. The molecule has 42 valence electrons. The van der Waals surface area contributed by atoms with Gasteiger partial charge in [0.15, 0.2) is 3.77 Å². The summed E-state index contributed by atoms with van der Waals surface area (Å²) in [5.41, 5.74) is 0. The molecule has 0 bridgehead atoms. The zero-order valence-electron chi connectivity index (χ0n) is 3.91. The third kappa shape index (κ3) is 3.57. The van der Waals surface area contributed by atoms with E-state index >= 15 is 0 Å². The molecular formula is C4H6I2O. The third-order valence-corrected chi connectivity index (χ3v) is 3.49. The van der Waals surface area contributed by atoms with E-state index in [4.69, 9.17) is 5.11 Å². The van der Waals surface area contributed by atoms with E-state index in [9.17, 15) is 0 Å². The predicted molar refractivity (Wildman–Crippen MR) is 48.0 cm³/mol. The monoisotopic (exact) mass is 324 g/mol. The van der Waals surface area contributed by atoms with E-state index in [2.05, 4.69) is 22.6 Å². The summed E-state index contributed by atoms with van der Waals surface area (Å²) in [6.07, 6.45) is 0.926. The predicted octanol–water partition coefficient (Wildman–Crippen LogP) is 2.99.